The molecule has 0 radical (unpaired) electrons. The molecule has 0 atom stereocenters. The highest BCUT2D eigenvalue weighted by Crippen LogP contribution is 2.27. The van der Waals surface area contributed by atoms with Gasteiger partial charge in [0.05, 0.1) is 25.0 Å². The van der Waals surface area contributed by atoms with Crippen molar-refractivity contribution in [2.45, 2.75) is 20.8 Å². The molecule has 96 valence electrons. The van der Waals surface area contributed by atoms with Crippen LogP contribution in [0, 0.1) is 25.7 Å². The number of rotatable bonds is 3. The first-order chi connectivity index (χ1) is 8.58. The van der Waals surface area contributed by atoms with E-state index in [4.69, 9.17) is 0 Å². The van der Waals surface area contributed by atoms with Crippen LogP contribution in [0.1, 0.15) is 18.1 Å². The van der Waals surface area contributed by atoms with Crippen LogP contribution >= 0.6 is 0 Å². The molecule has 4 nitrogen and oxygen atoms in total. The van der Waals surface area contributed by atoms with Gasteiger partial charge in [0.25, 0.3) is 0 Å². The number of benzene rings is 1. The van der Waals surface area contributed by atoms with Crippen LogP contribution in [0.5, 0.6) is 0 Å². The zero-order valence-corrected chi connectivity index (χ0v) is 11.2. The van der Waals surface area contributed by atoms with Gasteiger partial charge in [0, 0.05) is 0 Å². The Balaban J connectivity index is 3.02. The fourth-order valence-electron chi connectivity index (χ4n) is 1.68. The lowest BCUT2D eigenvalue weighted by atomic mass is 10.1. The lowest BCUT2D eigenvalue weighted by molar-refractivity contribution is 0.187. The highest BCUT2D eigenvalue weighted by Gasteiger charge is 2.09. The summed E-state index contributed by atoms with van der Waals surface area (Å²) in [6, 6.07) is 3.94. The molecule has 1 aromatic carbocycles. The van der Waals surface area contributed by atoms with E-state index in [1.54, 1.807) is 6.92 Å². The van der Waals surface area contributed by atoms with E-state index in [1.165, 1.54) is 7.11 Å². The zero-order valence-electron chi connectivity index (χ0n) is 11.2. The molecular formula is C14H18N2O2. The van der Waals surface area contributed by atoms with Gasteiger partial charge in [-0.05, 0) is 38.0 Å². The van der Waals surface area contributed by atoms with Gasteiger partial charge in [-0.1, -0.05) is 12.0 Å². The van der Waals surface area contributed by atoms with Crippen molar-refractivity contribution in [1.29, 1.82) is 0 Å². The van der Waals surface area contributed by atoms with Gasteiger partial charge in [0.1, 0.15) is 0 Å². The largest absolute Gasteiger partial charge is 0.453 e. The summed E-state index contributed by atoms with van der Waals surface area (Å²) < 4.78 is 4.61. The van der Waals surface area contributed by atoms with Crippen molar-refractivity contribution in [1.82, 2.24) is 0 Å². The summed E-state index contributed by atoms with van der Waals surface area (Å²) in [7, 11) is 1.34. The molecule has 1 amide bonds. The average Bonchev–Trinajstić information content (AvgIpc) is 2.32. The predicted molar refractivity (Wildman–Crippen MR) is 73.9 cm³/mol. The molecule has 0 aromatic heterocycles. The van der Waals surface area contributed by atoms with E-state index < -0.39 is 6.09 Å². The summed E-state index contributed by atoms with van der Waals surface area (Å²) in [5, 5.41) is 5.89. The van der Waals surface area contributed by atoms with Crippen molar-refractivity contribution in [2.24, 2.45) is 0 Å². The van der Waals surface area contributed by atoms with Crippen LogP contribution < -0.4 is 10.6 Å². The molecule has 0 fully saturated rings. The number of hydrogen-bond donors (Lipinski definition) is 2. The van der Waals surface area contributed by atoms with Crippen LogP contribution in [-0.2, 0) is 4.74 Å². The number of methoxy groups -OCH3 is 1. The standard InChI is InChI=1S/C14H18N2O2/c1-5-6-7-15-13-11(3)8-10(2)9-12(13)16-14(17)18-4/h8-9,15H,7H2,1-4H3,(H,16,17). The molecule has 1 rings (SSSR count). The molecule has 0 saturated heterocycles. The van der Waals surface area contributed by atoms with Gasteiger partial charge in [-0.15, -0.1) is 5.92 Å². The molecule has 4 heteroatoms. The van der Waals surface area contributed by atoms with Crippen molar-refractivity contribution in [3.63, 3.8) is 0 Å². The predicted octanol–water partition coefficient (Wildman–Crippen LogP) is 2.92. The van der Waals surface area contributed by atoms with Crippen molar-refractivity contribution >= 4 is 17.5 Å². The Morgan fingerprint density at radius 1 is 1.39 bits per heavy atom. The summed E-state index contributed by atoms with van der Waals surface area (Å²) in [6.45, 7) is 6.29. The molecule has 0 bridgehead atoms. The van der Waals surface area contributed by atoms with Crippen molar-refractivity contribution in [2.75, 3.05) is 24.3 Å². The third-order valence-electron chi connectivity index (χ3n) is 2.43. The van der Waals surface area contributed by atoms with E-state index in [0.29, 0.717) is 12.2 Å². The SMILES string of the molecule is CC#CCNc1c(C)cc(C)cc1NC(=O)OC. The highest BCUT2D eigenvalue weighted by atomic mass is 16.5. The molecule has 2 N–H and O–H groups in total. The van der Waals surface area contributed by atoms with Crippen LogP contribution in [0.3, 0.4) is 0 Å². The minimum Gasteiger partial charge on any atom is -0.453 e. The Bertz CT molecular complexity index is 498. The number of ether oxygens (including phenoxy) is 1. The monoisotopic (exact) mass is 246 g/mol. The number of hydrogen-bond acceptors (Lipinski definition) is 3. The molecule has 1 aromatic rings. The van der Waals surface area contributed by atoms with Crippen molar-refractivity contribution in [3.8, 4) is 11.8 Å². The Kier molecular flexibility index (Phi) is 5.06. The Hall–Kier alpha value is -2.15. The molecule has 0 aliphatic heterocycles. The molecule has 0 spiro atoms. The summed E-state index contributed by atoms with van der Waals surface area (Å²) in [6.07, 6.45) is -0.482. The summed E-state index contributed by atoms with van der Waals surface area (Å²) in [5.41, 5.74) is 3.70. The minimum absolute atomic E-state index is 0.482. The Morgan fingerprint density at radius 2 is 2.11 bits per heavy atom. The van der Waals surface area contributed by atoms with Gasteiger partial charge in [-0.25, -0.2) is 4.79 Å². The van der Waals surface area contributed by atoms with Gasteiger partial charge in [-0.2, -0.15) is 0 Å². The third-order valence-corrected chi connectivity index (χ3v) is 2.43. The number of anilines is 2. The molecule has 0 heterocycles. The maximum Gasteiger partial charge on any atom is 0.411 e. The highest BCUT2D eigenvalue weighted by molar-refractivity contribution is 5.90. The quantitative estimate of drug-likeness (QED) is 0.806. The normalized spacial score (nSPS) is 9.11. The number of amides is 1. The van der Waals surface area contributed by atoms with Gasteiger partial charge in [0.15, 0.2) is 0 Å². The minimum atomic E-state index is -0.482. The van der Waals surface area contributed by atoms with Crippen LogP contribution in [-0.4, -0.2) is 19.7 Å². The summed E-state index contributed by atoms with van der Waals surface area (Å²) in [4.78, 5) is 11.3. The fraction of sp³-hybridized carbons (Fsp3) is 0.357. The lowest BCUT2D eigenvalue weighted by Gasteiger charge is -2.15. The van der Waals surface area contributed by atoms with E-state index in [2.05, 4.69) is 27.2 Å². The van der Waals surface area contributed by atoms with Gasteiger partial charge in [0.2, 0.25) is 0 Å². The fourth-order valence-corrected chi connectivity index (χ4v) is 1.68. The molecule has 0 aliphatic rings. The van der Waals surface area contributed by atoms with Crippen LogP contribution in [0.2, 0.25) is 0 Å². The molecule has 0 unspecified atom stereocenters. The second-order valence-corrected chi connectivity index (χ2v) is 3.90. The maximum absolute atomic E-state index is 11.3. The number of nitrogens with one attached hydrogen (secondary N) is 2. The molecule has 18 heavy (non-hydrogen) atoms. The van der Waals surface area contributed by atoms with Gasteiger partial charge >= 0.3 is 6.09 Å². The van der Waals surface area contributed by atoms with Crippen LogP contribution in [0.4, 0.5) is 16.2 Å². The van der Waals surface area contributed by atoms with E-state index in [1.807, 2.05) is 26.0 Å². The first-order valence-corrected chi connectivity index (χ1v) is 5.68. The maximum atomic E-state index is 11.3. The number of aryl methyl sites for hydroxylation is 2. The second-order valence-electron chi connectivity index (χ2n) is 3.90. The van der Waals surface area contributed by atoms with E-state index in [9.17, 15) is 4.79 Å². The Morgan fingerprint density at radius 3 is 2.72 bits per heavy atom. The first-order valence-electron chi connectivity index (χ1n) is 5.68. The summed E-state index contributed by atoms with van der Waals surface area (Å²) >= 11 is 0. The zero-order chi connectivity index (χ0) is 13.5. The number of carbonyl (C=O) groups excluding carboxylic acids is 1. The topological polar surface area (TPSA) is 50.4 Å². The van der Waals surface area contributed by atoms with E-state index in [-0.39, 0.29) is 0 Å². The molecule has 0 aliphatic carbocycles. The first kappa shape index (κ1) is 13.9. The summed E-state index contributed by atoms with van der Waals surface area (Å²) in [5.74, 6) is 5.74. The number of carbonyl (C=O) groups is 1. The van der Waals surface area contributed by atoms with E-state index >= 15 is 0 Å². The van der Waals surface area contributed by atoms with Crippen LogP contribution in [0.15, 0.2) is 12.1 Å². The smallest absolute Gasteiger partial charge is 0.411 e. The van der Waals surface area contributed by atoms with Gasteiger partial charge < -0.3 is 10.1 Å². The van der Waals surface area contributed by atoms with Gasteiger partial charge in [-0.3, -0.25) is 5.32 Å². The lowest BCUT2D eigenvalue weighted by Crippen LogP contribution is -2.14. The molecular weight excluding hydrogens is 228 g/mol. The third kappa shape index (κ3) is 3.70. The second kappa shape index (κ2) is 6.55. The average molecular weight is 246 g/mol. The van der Waals surface area contributed by atoms with E-state index in [0.717, 1.165) is 16.8 Å². The van der Waals surface area contributed by atoms with Crippen molar-refractivity contribution < 1.29 is 9.53 Å². The molecule has 0 saturated carbocycles. The van der Waals surface area contributed by atoms with Crippen molar-refractivity contribution in [3.05, 3.63) is 23.3 Å². The Labute approximate surface area is 108 Å². The van der Waals surface area contributed by atoms with Crippen LogP contribution in [0.25, 0.3) is 0 Å².